The van der Waals surface area contributed by atoms with Crippen molar-refractivity contribution < 1.29 is 0 Å². The van der Waals surface area contributed by atoms with E-state index in [0.29, 0.717) is 6.54 Å². The van der Waals surface area contributed by atoms with E-state index < -0.39 is 0 Å². The first-order valence-corrected chi connectivity index (χ1v) is 7.88. The third-order valence-corrected chi connectivity index (χ3v) is 4.56. The van der Waals surface area contributed by atoms with E-state index in [4.69, 9.17) is 23.2 Å². The van der Waals surface area contributed by atoms with E-state index in [1.165, 1.54) is 16.4 Å². The predicted molar refractivity (Wildman–Crippen MR) is 92.2 cm³/mol. The minimum Gasteiger partial charge on any atom is -0.266 e. The molecule has 0 unspecified atom stereocenters. The highest BCUT2D eigenvalue weighted by atomic mass is 35.5. The van der Waals surface area contributed by atoms with Gasteiger partial charge in [-0.25, -0.2) is 4.68 Å². The van der Waals surface area contributed by atoms with Crippen LogP contribution >= 0.6 is 23.2 Å². The lowest BCUT2D eigenvalue weighted by Gasteiger charge is -2.22. The third kappa shape index (κ3) is 3.36. The van der Waals surface area contributed by atoms with Crippen LogP contribution in [0.25, 0.3) is 0 Å². The Morgan fingerprint density at radius 2 is 1.68 bits per heavy atom. The fourth-order valence-electron chi connectivity index (χ4n) is 2.38. The van der Waals surface area contributed by atoms with Crippen LogP contribution in [0.3, 0.4) is 0 Å². The van der Waals surface area contributed by atoms with Crippen LogP contribution in [0.5, 0.6) is 0 Å². The molecule has 0 aliphatic heterocycles. The fraction of sp³-hybridized carbons (Fsp3) is 0.412. The number of aryl methyl sites for hydroxylation is 2. The molecule has 0 radical (unpaired) electrons. The first-order valence-electron chi connectivity index (χ1n) is 7.13. The summed E-state index contributed by atoms with van der Waals surface area (Å²) in [5.41, 5.74) is 4.37. The molecule has 0 saturated carbocycles. The summed E-state index contributed by atoms with van der Waals surface area (Å²) in [5.74, 6) is 0. The maximum Gasteiger partial charge on any atom is 0.287 e. The van der Waals surface area contributed by atoms with E-state index >= 15 is 0 Å². The second kappa shape index (κ2) is 6.05. The molecule has 5 heteroatoms. The zero-order chi connectivity index (χ0) is 16.7. The number of rotatable bonds is 2. The molecule has 1 heterocycles. The van der Waals surface area contributed by atoms with Crippen molar-refractivity contribution in [1.29, 1.82) is 0 Å². The first-order chi connectivity index (χ1) is 10.1. The summed E-state index contributed by atoms with van der Waals surface area (Å²) < 4.78 is 1.35. The number of benzene rings is 1. The van der Waals surface area contributed by atoms with E-state index in [1.54, 1.807) is 0 Å². The maximum atomic E-state index is 12.1. The zero-order valence-electron chi connectivity index (χ0n) is 13.5. The summed E-state index contributed by atoms with van der Waals surface area (Å²) in [4.78, 5) is 12.1. The van der Waals surface area contributed by atoms with Crippen LogP contribution in [0.4, 0.5) is 0 Å². The van der Waals surface area contributed by atoms with Gasteiger partial charge in [-0.15, -0.1) is 0 Å². The van der Waals surface area contributed by atoms with Crippen molar-refractivity contribution in [2.75, 3.05) is 0 Å². The molecule has 0 fully saturated rings. The van der Waals surface area contributed by atoms with Crippen molar-refractivity contribution in [1.82, 2.24) is 9.78 Å². The Hall–Kier alpha value is -1.32. The Labute approximate surface area is 140 Å². The summed E-state index contributed by atoms with van der Waals surface area (Å²) in [5, 5.41) is 4.27. The second-order valence-corrected chi connectivity index (χ2v) is 7.39. The smallest absolute Gasteiger partial charge is 0.266 e. The topological polar surface area (TPSA) is 34.9 Å². The van der Waals surface area contributed by atoms with Crippen LogP contribution in [-0.2, 0) is 12.0 Å². The van der Waals surface area contributed by atoms with Crippen LogP contribution in [-0.4, -0.2) is 9.78 Å². The van der Waals surface area contributed by atoms with Crippen molar-refractivity contribution in [3.8, 4) is 0 Å². The molecule has 1 aromatic heterocycles. The van der Waals surface area contributed by atoms with Crippen molar-refractivity contribution in [3.05, 3.63) is 61.0 Å². The number of hydrogen-bond acceptors (Lipinski definition) is 2. The lowest BCUT2D eigenvalue weighted by Crippen LogP contribution is -2.24. The first kappa shape index (κ1) is 17.0. The number of nitrogens with zero attached hydrogens (tertiary/aromatic N) is 2. The Morgan fingerprint density at radius 3 is 2.18 bits per heavy atom. The second-order valence-electron chi connectivity index (χ2n) is 6.61. The highest BCUT2D eigenvalue weighted by Crippen LogP contribution is 2.27. The van der Waals surface area contributed by atoms with Gasteiger partial charge in [0.2, 0.25) is 0 Å². The molecular weight excluding hydrogens is 319 g/mol. The van der Waals surface area contributed by atoms with Gasteiger partial charge in [0.15, 0.2) is 0 Å². The summed E-state index contributed by atoms with van der Waals surface area (Å²) in [6.07, 6.45) is 1.40. The van der Waals surface area contributed by atoms with Gasteiger partial charge in [-0.3, -0.25) is 4.79 Å². The highest BCUT2D eigenvalue weighted by Gasteiger charge is 2.17. The monoisotopic (exact) mass is 338 g/mol. The quantitative estimate of drug-likeness (QED) is 0.807. The molecule has 3 nitrogen and oxygen atoms in total. The lowest BCUT2D eigenvalue weighted by atomic mass is 9.84. The summed E-state index contributed by atoms with van der Waals surface area (Å²) in [6, 6.07) is 4.34. The molecule has 0 amide bonds. The molecule has 2 aromatic rings. The van der Waals surface area contributed by atoms with Crippen LogP contribution in [0, 0.1) is 13.8 Å². The molecule has 0 atom stereocenters. The number of aromatic nitrogens is 2. The van der Waals surface area contributed by atoms with Crippen molar-refractivity contribution in [3.63, 3.8) is 0 Å². The molecule has 2 rings (SSSR count). The van der Waals surface area contributed by atoms with E-state index in [2.05, 4.69) is 51.9 Å². The summed E-state index contributed by atoms with van der Waals surface area (Å²) >= 11 is 11.7. The van der Waals surface area contributed by atoms with Crippen LogP contribution < -0.4 is 5.56 Å². The Kier molecular flexibility index (Phi) is 4.69. The minimum atomic E-state index is -0.368. The fourth-order valence-corrected chi connectivity index (χ4v) is 2.65. The van der Waals surface area contributed by atoms with Crippen molar-refractivity contribution >= 4 is 23.2 Å². The van der Waals surface area contributed by atoms with Gasteiger partial charge >= 0.3 is 0 Å². The van der Waals surface area contributed by atoms with Crippen molar-refractivity contribution in [2.24, 2.45) is 0 Å². The van der Waals surface area contributed by atoms with Crippen LogP contribution in [0.15, 0.2) is 23.1 Å². The maximum absolute atomic E-state index is 12.1. The molecule has 0 N–H and O–H groups in total. The SMILES string of the molecule is Cc1cc(C(C)(C)C)cc(C)c1Cn1ncc(Cl)c(Cl)c1=O. The molecule has 0 saturated heterocycles. The van der Waals surface area contributed by atoms with Gasteiger partial charge in [0.05, 0.1) is 17.8 Å². The van der Waals surface area contributed by atoms with Crippen LogP contribution in [0.2, 0.25) is 10.0 Å². The standard InChI is InChI=1S/C17H20Cl2N2O/c1-10-6-12(17(3,4)5)7-11(2)13(10)9-21-16(22)15(19)14(18)8-20-21/h6-8H,9H2,1-5H3. The summed E-state index contributed by atoms with van der Waals surface area (Å²) in [7, 11) is 0. The Balaban J connectivity index is 2.48. The molecule has 0 bridgehead atoms. The Bertz CT molecular complexity index is 750. The molecule has 0 aliphatic carbocycles. The number of hydrogen-bond donors (Lipinski definition) is 0. The van der Waals surface area contributed by atoms with Crippen molar-refractivity contribution in [2.45, 2.75) is 46.6 Å². The third-order valence-electron chi connectivity index (χ3n) is 3.81. The average Bonchev–Trinajstić information content (AvgIpc) is 2.41. The van der Waals surface area contributed by atoms with Crippen LogP contribution in [0.1, 0.15) is 43.0 Å². The van der Waals surface area contributed by atoms with E-state index in [1.807, 2.05) is 0 Å². The minimum absolute atomic E-state index is 0.0123. The molecule has 0 aliphatic rings. The molecule has 1 aromatic carbocycles. The van der Waals surface area contributed by atoms with E-state index in [-0.39, 0.29) is 21.0 Å². The van der Waals surface area contributed by atoms with Gasteiger partial charge < -0.3 is 0 Å². The van der Waals surface area contributed by atoms with Gasteiger partial charge in [0.1, 0.15) is 5.02 Å². The van der Waals surface area contributed by atoms with Gasteiger partial charge in [-0.05, 0) is 41.5 Å². The Morgan fingerprint density at radius 1 is 1.14 bits per heavy atom. The van der Waals surface area contributed by atoms with Gasteiger partial charge in [-0.2, -0.15) is 5.10 Å². The van der Waals surface area contributed by atoms with E-state index in [0.717, 1.165) is 16.7 Å². The zero-order valence-corrected chi connectivity index (χ0v) is 15.0. The molecular formula is C17H20Cl2N2O. The predicted octanol–water partition coefficient (Wildman–Crippen LogP) is 4.51. The number of halogens is 2. The average molecular weight is 339 g/mol. The summed E-state index contributed by atoms with van der Waals surface area (Å²) in [6.45, 7) is 11.1. The van der Waals surface area contributed by atoms with Gasteiger partial charge in [-0.1, -0.05) is 56.1 Å². The largest absolute Gasteiger partial charge is 0.287 e. The molecule has 118 valence electrons. The van der Waals surface area contributed by atoms with Gasteiger partial charge in [0.25, 0.3) is 5.56 Å². The van der Waals surface area contributed by atoms with E-state index in [9.17, 15) is 4.79 Å². The molecule has 22 heavy (non-hydrogen) atoms. The highest BCUT2D eigenvalue weighted by molar-refractivity contribution is 6.41. The van der Waals surface area contributed by atoms with Gasteiger partial charge in [0, 0.05) is 0 Å². The molecule has 0 spiro atoms. The normalized spacial score (nSPS) is 11.8. The lowest BCUT2D eigenvalue weighted by molar-refractivity contribution is 0.586.